The summed E-state index contributed by atoms with van der Waals surface area (Å²) in [5.74, 6) is -0.366. The Bertz CT molecular complexity index is 604. The van der Waals surface area contributed by atoms with Crippen LogP contribution in [0.25, 0.3) is 6.08 Å². The number of nitriles is 1. The van der Waals surface area contributed by atoms with E-state index < -0.39 is 0 Å². The average molecular weight is 334 g/mol. The number of halogens is 1. The number of morpholine rings is 1. The number of ether oxygens (including phenoxy) is 1. The fourth-order valence-corrected chi connectivity index (χ4v) is 2.51. The van der Waals surface area contributed by atoms with Gasteiger partial charge in [-0.2, -0.15) is 5.26 Å². The summed E-state index contributed by atoms with van der Waals surface area (Å²) in [6.45, 7) is 4.86. The van der Waals surface area contributed by atoms with Crippen LogP contribution >= 0.6 is 11.6 Å². The van der Waals surface area contributed by atoms with Crippen molar-refractivity contribution >= 4 is 23.6 Å². The molecule has 0 atom stereocenters. The van der Waals surface area contributed by atoms with Crippen LogP contribution in [0.2, 0.25) is 5.02 Å². The second kappa shape index (κ2) is 9.31. The lowest BCUT2D eigenvalue weighted by Crippen LogP contribution is -2.38. The highest BCUT2D eigenvalue weighted by Gasteiger charge is 2.11. The number of carbonyl (C=O) groups is 1. The molecule has 5 nitrogen and oxygen atoms in total. The molecule has 0 bridgehead atoms. The summed E-state index contributed by atoms with van der Waals surface area (Å²) >= 11 is 6.04. The van der Waals surface area contributed by atoms with E-state index in [9.17, 15) is 4.79 Å². The van der Waals surface area contributed by atoms with Gasteiger partial charge in [0.25, 0.3) is 5.91 Å². The van der Waals surface area contributed by atoms with Gasteiger partial charge in [-0.05, 0) is 30.7 Å². The first kappa shape index (κ1) is 17.5. The highest BCUT2D eigenvalue weighted by Crippen LogP contribution is 2.18. The lowest BCUT2D eigenvalue weighted by atomic mass is 10.1. The molecule has 23 heavy (non-hydrogen) atoms. The van der Waals surface area contributed by atoms with Gasteiger partial charge in [-0.15, -0.1) is 0 Å². The van der Waals surface area contributed by atoms with Crippen LogP contribution in [0.1, 0.15) is 12.0 Å². The first-order valence-electron chi connectivity index (χ1n) is 7.65. The van der Waals surface area contributed by atoms with E-state index in [0.29, 0.717) is 17.1 Å². The van der Waals surface area contributed by atoms with Gasteiger partial charge in [-0.25, -0.2) is 0 Å². The zero-order valence-corrected chi connectivity index (χ0v) is 13.7. The Labute approximate surface area is 141 Å². The lowest BCUT2D eigenvalue weighted by molar-refractivity contribution is -0.117. The number of amides is 1. The van der Waals surface area contributed by atoms with Crippen molar-refractivity contribution < 1.29 is 9.53 Å². The molecule has 1 aliphatic heterocycles. The van der Waals surface area contributed by atoms with Crippen molar-refractivity contribution in [2.24, 2.45) is 0 Å². The smallest absolute Gasteiger partial charge is 0.261 e. The van der Waals surface area contributed by atoms with Crippen molar-refractivity contribution in [3.8, 4) is 6.07 Å². The summed E-state index contributed by atoms with van der Waals surface area (Å²) in [6, 6.07) is 9.04. The Morgan fingerprint density at radius 3 is 2.83 bits per heavy atom. The molecule has 6 heteroatoms. The van der Waals surface area contributed by atoms with Gasteiger partial charge in [0.15, 0.2) is 0 Å². The van der Waals surface area contributed by atoms with Gasteiger partial charge in [-0.1, -0.05) is 29.8 Å². The van der Waals surface area contributed by atoms with Crippen LogP contribution in [0, 0.1) is 11.3 Å². The van der Waals surface area contributed by atoms with Crippen LogP contribution < -0.4 is 5.32 Å². The Kier molecular flexibility index (Phi) is 7.08. The van der Waals surface area contributed by atoms with Gasteiger partial charge in [0, 0.05) is 24.7 Å². The van der Waals surface area contributed by atoms with Gasteiger partial charge >= 0.3 is 0 Å². The van der Waals surface area contributed by atoms with E-state index in [0.717, 1.165) is 39.3 Å². The number of nitrogens with one attached hydrogen (secondary N) is 1. The maximum Gasteiger partial charge on any atom is 0.261 e. The third-order valence-corrected chi connectivity index (χ3v) is 3.95. The largest absolute Gasteiger partial charge is 0.379 e. The highest BCUT2D eigenvalue weighted by molar-refractivity contribution is 6.32. The minimum atomic E-state index is -0.366. The number of hydrogen-bond acceptors (Lipinski definition) is 4. The molecule has 1 N–H and O–H groups in total. The van der Waals surface area contributed by atoms with E-state index in [4.69, 9.17) is 21.6 Å². The summed E-state index contributed by atoms with van der Waals surface area (Å²) in [5.41, 5.74) is 0.721. The molecule has 1 saturated heterocycles. The molecule has 0 aromatic heterocycles. The maximum atomic E-state index is 12.1. The zero-order chi connectivity index (χ0) is 16.5. The van der Waals surface area contributed by atoms with Gasteiger partial charge in [0.05, 0.1) is 13.2 Å². The second-order valence-corrected chi connectivity index (χ2v) is 5.66. The second-order valence-electron chi connectivity index (χ2n) is 5.25. The Hall–Kier alpha value is -1.87. The van der Waals surface area contributed by atoms with Crippen LogP contribution in [-0.4, -0.2) is 50.2 Å². The summed E-state index contributed by atoms with van der Waals surface area (Å²) in [6.07, 6.45) is 2.36. The number of hydrogen-bond donors (Lipinski definition) is 1. The fourth-order valence-electron chi connectivity index (χ4n) is 2.32. The van der Waals surface area contributed by atoms with E-state index in [2.05, 4.69) is 10.2 Å². The van der Waals surface area contributed by atoms with Crippen LogP contribution in [0.3, 0.4) is 0 Å². The molecular weight excluding hydrogens is 314 g/mol. The predicted molar refractivity (Wildman–Crippen MR) is 89.9 cm³/mol. The maximum absolute atomic E-state index is 12.1. The van der Waals surface area contributed by atoms with E-state index in [1.165, 1.54) is 6.08 Å². The molecule has 0 unspecified atom stereocenters. The molecular formula is C17H20ClN3O2. The van der Waals surface area contributed by atoms with Gasteiger partial charge in [0.2, 0.25) is 0 Å². The lowest BCUT2D eigenvalue weighted by Gasteiger charge is -2.26. The molecule has 0 spiro atoms. The highest BCUT2D eigenvalue weighted by atomic mass is 35.5. The topological polar surface area (TPSA) is 65.4 Å². The van der Waals surface area contributed by atoms with Crippen LogP contribution in [-0.2, 0) is 9.53 Å². The molecule has 2 rings (SSSR count). The van der Waals surface area contributed by atoms with Crippen molar-refractivity contribution in [1.82, 2.24) is 10.2 Å². The van der Waals surface area contributed by atoms with Crippen molar-refractivity contribution in [3.63, 3.8) is 0 Å². The summed E-state index contributed by atoms with van der Waals surface area (Å²) in [5, 5.41) is 12.5. The van der Waals surface area contributed by atoms with Crippen molar-refractivity contribution in [3.05, 3.63) is 40.4 Å². The molecule has 0 radical (unpaired) electrons. The molecule has 1 fully saturated rings. The first-order valence-corrected chi connectivity index (χ1v) is 8.03. The average Bonchev–Trinajstić information content (AvgIpc) is 2.59. The van der Waals surface area contributed by atoms with Crippen LogP contribution in [0.5, 0.6) is 0 Å². The monoisotopic (exact) mass is 333 g/mol. The van der Waals surface area contributed by atoms with E-state index >= 15 is 0 Å². The van der Waals surface area contributed by atoms with Gasteiger partial charge in [0.1, 0.15) is 11.6 Å². The van der Waals surface area contributed by atoms with Crippen LogP contribution in [0.15, 0.2) is 29.8 Å². The minimum Gasteiger partial charge on any atom is -0.379 e. The van der Waals surface area contributed by atoms with Crippen molar-refractivity contribution in [2.75, 3.05) is 39.4 Å². The first-order chi connectivity index (χ1) is 11.2. The fraction of sp³-hybridized carbons (Fsp3) is 0.412. The standard InChI is InChI=1S/C17H20ClN3O2/c18-16-5-2-1-4-14(16)12-15(13-19)17(22)20-6-3-7-21-8-10-23-11-9-21/h1-2,4-5,12H,3,6-11H2,(H,20,22)/b15-12+. The Morgan fingerprint density at radius 2 is 2.13 bits per heavy atom. The molecule has 0 aliphatic carbocycles. The van der Waals surface area contributed by atoms with Gasteiger partial charge in [-0.3, -0.25) is 9.69 Å². The molecule has 0 saturated carbocycles. The summed E-state index contributed by atoms with van der Waals surface area (Å²) < 4.78 is 5.29. The summed E-state index contributed by atoms with van der Waals surface area (Å²) in [4.78, 5) is 14.4. The van der Waals surface area contributed by atoms with E-state index in [1.54, 1.807) is 18.2 Å². The van der Waals surface area contributed by atoms with E-state index in [-0.39, 0.29) is 11.5 Å². The van der Waals surface area contributed by atoms with Crippen LogP contribution in [0.4, 0.5) is 0 Å². The Morgan fingerprint density at radius 1 is 1.39 bits per heavy atom. The third kappa shape index (κ3) is 5.68. The molecule has 1 heterocycles. The minimum absolute atomic E-state index is 0.0597. The van der Waals surface area contributed by atoms with Crippen molar-refractivity contribution in [1.29, 1.82) is 5.26 Å². The molecule has 1 aromatic carbocycles. The normalized spacial score (nSPS) is 15.9. The molecule has 1 amide bonds. The molecule has 122 valence electrons. The third-order valence-electron chi connectivity index (χ3n) is 3.61. The number of rotatable bonds is 6. The number of nitrogens with zero attached hydrogens (tertiary/aromatic N) is 2. The van der Waals surface area contributed by atoms with Crippen molar-refractivity contribution in [2.45, 2.75) is 6.42 Å². The quantitative estimate of drug-likeness (QED) is 0.492. The number of carbonyl (C=O) groups excluding carboxylic acids is 1. The predicted octanol–water partition coefficient (Wildman–Crippen LogP) is 2.09. The SMILES string of the molecule is N#C/C(=C\c1ccccc1Cl)C(=O)NCCCN1CCOCC1. The van der Waals surface area contributed by atoms with E-state index in [1.807, 2.05) is 12.1 Å². The summed E-state index contributed by atoms with van der Waals surface area (Å²) in [7, 11) is 0. The van der Waals surface area contributed by atoms with Gasteiger partial charge < -0.3 is 10.1 Å². The number of benzene rings is 1. The Balaban J connectivity index is 1.81. The molecule has 1 aliphatic rings. The molecule has 1 aromatic rings. The zero-order valence-electron chi connectivity index (χ0n) is 12.9.